The summed E-state index contributed by atoms with van der Waals surface area (Å²) >= 11 is 0. The maximum Gasteiger partial charge on any atom is 0.310 e. The van der Waals surface area contributed by atoms with Gasteiger partial charge in [0.05, 0.1) is 31.4 Å². The first-order valence-electron chi connectivity index (χ1n) is 9.61. The second kappa shape index (κ2) is 9.71. The first kappa shape index (κ1) is 22.6. The molecule has 156 valence electrons. The lowest BCUT2D eigenvalue weighted by atomic mass is 9.85. The topological polar surface area (TPSA) is 100 Å². The zero-order valence-electron chi connectivity index (χ0n) is 16.5. The number of aliphatic imine (C=N–C) groups is 1. The predicted molar refractivity (Wildman–Crippen MR) is 115 cm³/mol. The Morgan fingerprint density at radius 2 is 1.86 bits per heavy atom. The molecule has 1 heterocycles. The summed E-state index contributed by atoms with van der Waals surface area (Å²) in [7, 11) is 1.35. The molecule has 2 fully saturated rings. The fraction of sp³-hybridized carbons (Fsp3) is 0.684. The molecule has 5 unspecified atom stereocenters. The molecular formula is C19H29IN4O4. The van der Waals surface area contributed by atoms with Gasteiger partial charge in [0.1, 0.15) is 0 Å². The fourth-order valence-corrected chi connectivity index (χ4v) is 4.32. The van der Waals surface area contributed by atoms with E-state index in [1.807, 2.05) is 6.92 Å². The van der Waals surface area contributed by atoms with E-state index >= 15 is 0 Å². The molecule has 28 heavy (non-hydrogen) atoms. The molecule has 1 aliphatic heterocycles. The van der Waals surface area contributed by atoms with Crippen molar-refractivity contribution in [1.82, 2.24) is 15.5 Å². The standard InChI is InChI=1S/C19H28N4O4.HI/c1-4-20-19(22-10-11(2)18(26)27-3)21-7-8-23-16(24)14-12-5-6-13(9-12)15(14)17(23)25;/h5-6,11-15H,4,7-10H2,1-3H3,(H2,20,21,22);1H. The highest BCUT2D eigenvalue weighted by Crippen LogP contribution is 2.52. The Kier molecular flexibility index (Phi) is 7.85. The molecule has 2 aliphatic carbocycles. The van der Waals surface area contributed by atoms with Crippen molar-refractivity contribution in [3.8, 4) is 0 Å². The van der Waals surface area contributed by atoms with Crippen LogP contribution in [0.2, 0.25) is 0 Å². The molecule has 2 N–H and O–H groups in total. The van der Waals surface area contributed by atoms with Gasteiger partial charge in [-0.3, -0.25) is 24.3 Å². The Hall–Kier alpha value is -1.65. The van der Waals surface area contributed by atoms with Crippen LogP contribution in [0.15, 0.2) is 17.1 Å². The van der Waals surface area contributed by atoms with E-state index < -0.39 is 0 Å². The minimum atomic E-state index is -0.338. The predicted octanol–water partition coefficient (Wildman–Crippen LogP) is 0.776. The van der Waals surface area contributed by atoms with Gasteiger partial charge in [-0.1, -0.05) is 19.1 Å². The molecule has 2 bridgehead atoms. The summed E-state index contributed by atoms with van der Waals surface area (Å²) in [4.78, 5) is 42.6. The summed E-state index contributed by atoms with van der Waals surface area (Å²) in [5.41, 5.74) is 0. The van der Waals surface area contributed by atoms with Crippen LogP contribution in [0.5, 0.6) is 0 Å². The number of likely N-dealkylation sites (tertiary alicyclic amines) is 1. The van der Waals surface area contributed by atoms with Crippen LogP contribution in [0, 0.1) is 29.6 Å². The van der Waals surface area contributed by atoms with Crippen molar-refractivity contribution in [2.45, 2.75) is 20.3 Å². The van der Waals surface area contributed by atoms with E-state index in [0.717, 1.165) is 6.42 Å². The van der Waals surface area contributed by atoms with Crippen LogP contribution >= 0.6 is 24.0 Å². The van der Waals surface area contributed by atoms with Crippen LogP contribution in [0.1, 0.15) is 20.3 Å². The van der Waals surface area contributed by atoms with Crippen LogP contribution in [0.25, 0.3) is 0 Å². The van der Waals surface area contributed by atoms with Gasteiger partial charge in [0.25, 0.3) is 0 Å². The number of allylic oxidation sites excluding steroid dienone is 2. The molecule has 2 amide bonds. The number of rotatable bonds is 7. The number of imide groups is 1. The summed E-state index contributed by atoms with van der Waals surface area (Å²) < 4.78 is 4.70. The normalized spacial score (nSPS) is 28.8. The summed E-state index contributed by atoms with van der Waals surface area (Å²) in [5.74, 6) is -0.0249. The quantitative estimate of drug-likeness (QED) is 0.133. The minimum absolute atomic E-state index is 0. The summed E-state index contributed by atoms with van der Waals surface area (Å²) in [6.07, 6.45) is 5.13. The number of nitrogens with one attached hydrogen (secondary N) is 2. The molecule has 0 spiro atoms. The van der Waals surface area contributed by atoms with Crippen LogP contribution in [0.4, 0.5) is 0 Å². The van der Waals surface area contributed by atoms with E-state index in [4.69, 9.17) is 4.74 Å². The molecule has 3 rings (SSSR count). The zero-order valence-corrected chi connectivity index (χ0v) is 18.8. The van der Waals surface area contributed by atoms with Gasteiger partial charge in [0.15, 0.2) is 5.96 Å². The molecule has 0 aromatic carbocycles. The van der Waals surface area contributed by atoms with Crippen molar-refractivity contribution >= 4 is 47.7 Å². The molecular weight excluding hydrogens is 475 g/mol. The Labute approximate surface area is 182 Å². The van der Waals surface area contributed by atoms with Gasteiger partial charge < -0.3 is 15.4 Å². The summed E-state index contributed by atoms with van der Waals surface area (Å²) in [6.45, 7) is 5.39. The third kappa shape index (κ3) is 4.33. The van der Waals surface area contributed by atoms with Crippen LogP contribution < -0.4 is 10.6 Å². The Morgan fingerprint density at radius 3 is 2.39 bits per heavy atom. The molecule has 5 atom stereocenters. The second-order valence-corrected chi connectivity index (χ2v) is 7.40. The molecule has 9 heteroatoms. The van der Waals surface area contributed by atoms with Gasteiger partial charge in [-0.05, 0) is 25.2 Å². The minimum Gasteiger partial charge on any atom is -0.469 e. The third-order valence-corrected chi connectivity index (χ3v) is 5.66. The number of fused-ring (bicyclic) bond motifs is 5. The average Bonchev–Trinajstić information content (AvgIpc) is 3.34. The van der Waals surface area contributed by atoms with Crippen molar-refractivity contribution in [1.29, 1.82) is 0 Å². The van der Waals surface area contributed by atoms with E-state index in [-0.39, 0.29) is 71.3 Å². The van der Waals surface area contributed by atoms with Crippen LogP contribution in [-0.2, 0) is 19.1 Å². The number of halogens is 1. The van der Waals surface area contributed by atoms with Gasteiger partial charge in [-0.15, -0.1) is 24.0 Å². The number of esters is 1. The second-order valence-electron chi connectivity index (χ2n) is 7.40. The van der Waals surface area contributed by atoms with Crippen LogP contribution in [0.3, 0.4) is 0 Å². The molecule has 0 aromatic rings. The highest BCUT2D eigenvalue weighted by molar-refractivity contribution is 14.0. The molecule has 1 saturated carbocycles. The molecule has 0 radical (unpaired) electrons. The van der Waals surface area contributed by atoms with Gasteiger partial charge in [0, 0.05) is 19.6 Å². The number of carbonyl (C=O) groups excluding carboxylic acids is 3. The van der Waals surface area contributed by atoms with Gasteiger partial charge >= 0.3 is 5.97 Å². The summed E-state index contributed by atoms with van der Waals surface area (Å²) in [5, 5.41) is 6.22. The van der Waals surface area contributed by atoms with E-state index in [9.17, 15) is 14.4 Å². The SMILES string of the molecule is CCNC(=NCC(C)C(=O)OC)NCCN1C(=O)C2C3C=CC(C3)C2C1=O.I. The number of carbonyl (C=O) groups is 3. The fourth-order valence-electron chi connectivity index (χ4n) is 4.32. The molecule has 1 saturated heterocycles. The first-order valence-corrected chi connectivity index (χ1v) is 9.61. The number of hydrogen-bond donors (Lipinski definition) is 2. The largest absolute Gasteiger partial charge is 0.469 e. The number of amides is 2. The third-order valence-electron chi connectivity index (χ3n) is 5.66. The lowest BCUT2D eigenvalue weighted by Gasteiger charge is -2.18. The van der Waals surface area contributed by atoms with E-state index in [0.29, 0.717) is 32.1 Å². The molecule has 0 aromatic heterocycles. The number of hydrogen-bond acceptors (Lipinski definition) is 5. The first-order chi connectivity index (χ1) is 13.0. The molecule has 3 aliphatic rings. The van der Waals surface area contributed by atoms with Gasteiger partial charge in [-0.2, -0.15) is 0 Å². The number of ether oxygens (including phenoxy) is 1. The van der Waals surface area contributed by atoms with Crippen molar-refractivity contribution in [2.24, 2.45) is 34.6 Å². The van der Waals surface area contributed by atoms with Crippen molar-refractivity contribution in [3.63, 3.8) is 0 Å². The van der Waals surface area contributed by atoms with E-state index in [1.165, 1.54) is 12.0 Å². The number of methoxy groups -OCH3 is 1. The Morgan fingerprint density at radius 1 is 1.25 bits per heavy atom. The van der Waals surface area contributed by atoms with Crippen molar-refractivity contribution < 1.29 is 19.1 Å². The van der Waals surface area contributed by atoms with Gasteiger partial charge in [0.2, 0.25) is 11.8 Å². The Balaban J connectivity index is 0.00000280. The lowest BCUT2D eigenvalue weighted by Crippen LogP contribution is -2.44. The maximum atomic E-state index is 12.7. The summed E-state index contributed by atoms with van der Waals surface area (Å²) in [6, 6.07) is 0. The van der Waals surface area contributed by atoms with E-state index in [2.05, 4.69) is 27.8 Å². The highest BCUT2D eigenvalue weighted by Gasteiger charge is 2.58. The van der Waals surface area contributed by atoms with E-state index in [1.54, 1.807) is 6.92 Å². The maximum absolute atomic E-state index is 12.7. The smallest absolute Gasteiger partial charge is 0.310 e. The van der Waals surface area contributed by atoms with Crippen LogP contribution in [-0.4, -0.2) is 61.9 Å². The lowest BCUT2D eigenvalue weighted by molar-refractivity contribution is -0.144. The highest BCUT2D eigenvalue weighted by atomic mass is 127. The Bertz CT molecular complexity index is 651. The molecule has 8 nitrogen and oxygen atoms in total. The number of guanidine groups is 1. The van der Waals surface area contributed by atoms with Crippen molar-refractivity contribution in [2.75, 3.05) is 33.3 Å². The average molecular weight is 504 g/mol. The van der Waals surface area contributed by atoms with Gasteiger partial charge in [-0.25, -0.2) is 0 Å². The zero-order chi connectivity index (χ0) is 19.6. The number of nitrogens with zero attached hydrogens (tertiary/aromatic N) is 2. The van der Waals surface area contributed by atoms with Crippen molar-refractivity contribution in [3.05, 3.63) is 12.2 Å². The monoisotopic (exact) mass is 504 g/mol.